The Morgan fingerprint density at radius 1 is 1.45 bits per heavy atom. The molecule has 2 N–H and O–H groups in total. The summed E-state index contributed by atoms with van der Waals surface area (Å²) in [7, 11) is 0. The van der Waals surface area contributed by atoms with Gasteiger partial charge in [0.2, 0.25) is 5.01 Å². The summed E-state index contributed by atoms with van der Waals surface area (Å²) in [6.07, 6.45) is -4.72. The van der Waals surface area contributed by atoms with Crippen LogP contribution in [0.15, 0.2) is 18.2 Å². The summed E-state index contributed by atoms with van der Waals surface area (Å²) >= 11 is 5.79. The van der Waals surface area contributed by atoms with Crippen LogP contribution in [0.1, 0.15) is 20.2 Å². The highest BCUT2D eigenvalue weighted by Gasteiger charge is 2.36. The molecule has 0 aliphatic heterocycles. The van der Waals surface area contributed by atoms with Gasteiger partial charge in [-0.05, 0) is 18.2 Å². The Balaban J connectivity index is 2.35. The third-order valence-electron chi connectivity index (χ3n) is 2.41. The average molecular weight is 348 g/mol. The lowest BCUT2D eigenvalue weighted by Crippen LogP contribution is -2.14. The van der Waals surface area contributed by atoms with E-state index in [0.29, 0.717) is 0 Å². The second-order valence-electron chi connectivity index (χ2n) is 3.92. The molecule has 1 heterocycles. The lowest BCUT2D eigenvalue weighted by atomic mass is 10.2. The fourth-order valence-electron chi connectivity index (χ4n) is 1.47. The molecular weight excluding hydrogens is 343 g/mol. The second-order valence-corrected chi connectivity index (χ2v) is 5.36. The monoisotopic (exact) mass is 347 g/mol. The Labute approximate surface area is 130 Å². The summed E-state index contributed by atoms with van der Waals surface area (Å²) in [6.45, 7) is 0. The van der Waals surface area contributed by atoms with Gasteiger partial charge < -0.3 is 10.4 Å². The zero-order valence-corrected chi connectivity index (χ0v) is 12.0. The zero-order valence-electron chi connectivity index (χ0n) is 10.4. The van der Waals surface area contributed by atoms with E-state index in [0.717, 1.165) is 12.1 Å². The topological polar surface area (TPSA) is 86.0 Å². The van der Waals surface area contributed by atoms with Gasteiger partial charge in [-0.1, -0.05) is 22.9 Å². The largest absolute Gasteiger partial charge is 0.507 e. The number of anilines is 1. The highest BCUT2D eigenvalue weighted by Crippen LogP contribution is 2.36. The van der Waals surface area contributed by atoms with Crippen LogP contribution in [0.3, 0.4) is 0 Å². The summed E-state index contributed by atoms with van der Waals surface area (Å²) in [4.78, 5) is 14.8. The van der Waals surface area contributed by atoms with Crippen molar-refractivity contribution in [3.63, 3.8) is 0 Å². The number of aromatic nitrogens is 1. The zero-order chi connectivity index (χ0) is 16.5. The molecule has 0 fully saturated rings. The van der Waals surface area contributed by atoms with Crippen molar-refractivity contribution < 1.29 is 23.1 Å². The van der Waals surface area contributed by atoms with Crippen molar-refractivity contribution in [3.05, 3.63) is 38.7 Å². The molecule has 2 aromatic rings. The Morgan fingerprint density at radius 3 is 2.73 bits per heavy atom. The van der Waals surface area contributed by atoms with Crippen molar-refractivity contribution in [3.8, 4) is 11.8 Å². The second kappa shape index (κ2) is 5.82. The van der Waals surface area contributed by atoms with Crippen LogP contribution in [0.2, 0.25) is 5.02 Å². The number of carbonyl (C=O) groups is 1. The number of hydrogen-bond donors (Lipinski definition) is 2. The van der Waals surface area contributed by atoms with Gasteiger partial charge in [0.05, 0.1) is 5.56 Å². The van der Waals surface area contributed by atoms with E-state index >= 15 is 0 Å². The minimum Gasteiger partial charge on any atom is -0.507 e. The number of thiazole rings is 1. The number of amides is 1. The van der Waals surface area contributed by atoms with Crippen LogP contribution in [-0.4, -0.2) is 16.0 Å². The molecule has 2 rings (SSSR count). The Bertz CT molecular complexity index is 783. The number of phenolic OH excluding ortho intramolecular Hbond substituents is 1. The van der Waals surface area contributed by atoms with Gasteiger partial charge in [0, 0.05) is 5.02 Å². The van der Waals surface area contributed by atoms with E-state index in [2.05, 4.69) is 10.3 Å². The number of halogens is 4. The molecule has 0 aliphatic carbocycles. The summed E-state index contributed by atoms with van der Waals surface area (Å²) in [5, 5.41) is 19.3. The van der Waals surface area contributed by atoms with Crippen LogP contribution >= 0.6 is 22.9 Å². The Kier molecular flexibility index (Phi) is 4.25. The highest BCUT2D eigenvalue weighted by molar-refractivity contribution is 7.12. The van der Waals surface area contributed by atoms with E-state index in [9.17, 15) is 23.1 Å². The van der Waals surface area contributed by atoms with E-state index in [1.807, 2.05) is 0 Å². The van der Waals surface area contributed by atoms with Gasteiger partial charge in [0.1, 0.15) is 16.7 Å². The SMILES string of the molecule is N#Cc1sc(C(F)(F)F)nc1NC(=O)c1cc(Cl)ccc1O. The first-order valence-corrected chi connectivity index (χ1v) is 6.70. The van der Waals surface area contributed by atoms with Crippen LogP contribution in [0, 0.1) is 11.3 Å². The first-order chi connectivity index (χ1) is 10.2. The highest BCUT2D eigenvalue weighted by atomic mass is 35.5. The predicted molar refractivity (Wildman–Crippen MR) is 72.9 cm³/mol. The minimum atomic E-state index is -4.72. The molecule has 0 bridgehead atoms. The van der Waals surface area contributed by atoms with Crippen molar-refractivity contribution in [2.75, 3.05) is 5.32 Å². The third kappa shape index (κ3) is 3.29. The smallest absolute Gasteiger partial charge is 0.443 e. The summed E-state index contributed by atoms with van der Waals surface area (Å²) in [5.41, 5.74) is -0.252. The van der Waals surface area contributed by atoms with Crippen LogP contribution in [0.5, 0.6) is 5.75 Å². The molecular formula is C12H5ClF3N3O2S. The molecule has 0 radical (unpaired) electrons. The molecule has 0 spiro atoms. The van der Waals surface area contributed by atoms with Gasteiger partial charge in [0.15, 0.2) is 5.82 Å². The number of phenols is 1. The molecule has 1 aromatic heterocycles. The molecule has 0 atom stereocenters. The third-order valence-corrected chi connectivity index (χ3v) is 3.65. The minimum absolute atomic E-state index is 0.110. The molecule has 0 aliphatic rings. The van der Waals surface area contributed by atoms with Gasteiger partial charge in [-0.25, -0.2) is 4.98 Å². The number of hydrogen-bond acceptors (Lipinski definition) is 5. The predicted octanol–water partition coefficient (Wildman–Crippen LogP) is 3.64. The number of benzene rings is 1. The van der Waals surface area contributed by atoms with E-state index in [-0.39, 0.29) is 21.9 Å². The van der Waals surface area contributed by atoms with Crippen molar-refractivity contribution in [1.82, 2.24) is 4.98 Å². The van der Waals surface area contributed by atoms with Gasteiger partial charge >= 0.3 is 6.18 Å². The summed E-state index contributed by atoms with van der Waals surface area (Å²) in [5.74, 6) is -1.87. The van der Waals surface area contributed by atoms with E-state index in [4.69, 9.17) is 16.9 Å². The number of nitrogens with zero attached hydrogens (tertiary/aromatic N) is 2. The van der Waals surface area contributed by atoms with Crippen LogP contribution < -0.4 is 5.32 Å². The van der Waals surface area contributed by atoms with Crippen LogP contribution in [0.4, 0.5) is 19.0 Å². The molecule has 5 nitrogen and oxygen atoms in total. The lowest BCUT2D eigenvalue weighted by molar-refractivity contribution is -0.137. The Hall–Kier alpha value is -2.31. The number of nitriles is 1. The van der Waals surface area contributed by atoms with Crippen molar-refractivity contribution in [2.24, 2.45) is 0 Å². The number of aromatic hydroxyl groups is 1. The van der Waals surface area contributed by atoms with Crippen LogP contribution in [-0.2, 0) is 6.18 Å². The quantitative estimate of drug-likeness (QED) is 0.868. The van der Waals surface area contributed by atoms with Gasteiger partial charge in [-0.15, -0.1) is 0 Å². The molecule has 114 valence electrons. The van der Waals surface area contributed by atoms with Crippen molar-refractivity contribution >= 4 is 34.7 Å². The average Bonchev–Trinajstić information content (AvgIpc) is 2.84. The molecule has 1 amide bonds. The maximum absolute atomic E-state index is 12.6. The van der Waals surface area contributed by atoms with Crippen molar-refractivity contribution in [2.45, 2.75) is 6.18 Å². The molecule has 22 heavy (non-hydrogen) atoms. The normalized spacial score (nSPS) is 11.0. The fourth-order valence-corrected chi connectivity index (χ4v) is 2.32. The molecule has 0 saturated heterocycles. The van der Waals surface area contributed by atoms with Gasteiger partial charge in [-0.2, -0.15) is 18.4 Å². The number of carbonyl (C=O) groups excluding carboxylic acids is 1. The Morgan fingerprint density at radius 2 is 2.14 bits per heavy atom. The molecule has 1 aromatic carbocycles. The maximum Gasteiger partial charge on any atom is 0.443 e. The number of nitrogens with one attached hydrogen (secondary N) is 1. The van der Waals surface area contributed by atoms with Gasteiger partial charge in [0.25, 0.3) is 5.91 Å². The lowest BCUT2D eigenvalue weighted by Gasteiger charge is -2.05. The number of alkyl halides is 3. The molecule has 0 saturated carbocycles. The molecule has 0 unspecified atom stereocenters. The summed E-state index contributed by atoms with van der Waals surface area (Å²) < 4.78 is 37.7. The number of rotatable bonds is 2. The van der Waals surface area contributed by atoms with Gasteiger partial charge in [-0.3, -0.25) is 4.79 Å². The van der Waals surface area contributed by atoms with Crippen molar-refractivity contribution in [1.29, 1.82) is 5.26 Å². The first-order valence-electron chi connectivity index (χ1n) is 5.50. The maximum atomic E-state index is 12.6. The van der Waals surface area contributed by atoms with Crippen LogP contribution in [0.25, 0.3) is 0 Å². The van der Waals surface area contributed by atoms with E-state index in [1.54, 1.807) is 0 Å². The fraction of sp³-hybridized carbons (Fsp3) is 0.0833. The standard InChI is InChI=1S/C12H5ClF3N3O2S/c13-5-1-2-7(20)6(3-5)10(21)18-9-8(4-17)22-11(19-9)12(14,15)16/h1-3,20H,(H,18,21). The summed E-state index contributed by atoms with van der Waals surface area (Å²) in [6, 6.07) is 5.15. The first kappa shape index (κ1) is 16.1. The van der Waals surface area contributed by atoms with E-state index < -0.39 is 33.5 Å². The van der Waals surface area contributed by atoms with E-state index in [1.165, 1.54) is 12.1 Å². The molecule has 10 heteroatoms.